The fraction of sp³-hybridized carbons (Fsp3) is 0.357. The fourth-order valence-corrected chi connectivity index (χ4v) is 3.90. The maximum atomic E-state index is 12.2. The van der Waals surface area contributed by atoms with E-state index in [4.69, 9.17) is 0 Å². The molecule has 0 aliphatic carbocycles. The van der Waals surface area contributed by atoms with Crippen molar-refractivity contribution in [1.29, 1.82) is 0 Å². The van der Waals surface area contributed by atoms with Crippen molar-refractivity contribution in [3.63, 3.8) is 0 Å². The number of sulfonamides is 1. The van der Waals surface area contributed by atoms with E-state index in [-0.39, 0.29) is 6.54 Å². The van der Waals surface area contributed by atoms with Gasteiger partial charge in [-0.2, -0.15) is 0 Å². The minimum atomic E-state index is -3.48. The number of rotatable bonds is 7. The van der Waals surface area contributed by atoms with Gasteiger partial charge in [-0.3, -0.25) is 4.98 Å². The van der Waals surface area contributed by atoms with Gasteiger partial charge in [0.05, 0.1) is 12.2 Å². The number of thiophene rings is 1. The predicted molar refractivity (Wildman–Crippen MR) is 84.6 cm³/mol. The summed E-state index contributed by atoms with van der Waals surface area (Å²) in [6.07, 6.45) is 1.64. The lowest BCUT2D eigenvalue weighted by Crippen LogP contribution is -2.23. The largest absolute Gasteiger partial charge is 0.310 e. The maximum absolute atomic E-state index is 12.2. The normalized spacial score (nSPS) is 12.0. The molecule has 0 saturated carbocycles. The van der Waals surface area contributed by atoms with Crippen LogP contribution in [0.3, 0.4) is 0 Å². The van der Waals surface area contributed by atoms with E-state index in [0.717, 1.165) is 5.56 Å². The topological polar surface area (TPSA) is 71.1 Å². The van der Waals surface area contributed by atoms with Gasteiger partial charge in [-0.25, -0.2) is 13.1 Å². The Hall–Kier alpha value is -1.28. The average molecular weight is 325 g/mol. The molecular weight excluding hydrogens is 306 g/mol. The lowest BCUT2D eigenvalue weighted by atomic mass is 10.3. The Balaban J connectivity index is 1.99. The van der Waals surface area contributed by atoms with Crippen LogP contribution in [-0.2, 0) is 23.1 Å². The lowest BCUT2D eigenvalue weighted by Gasteiger charge is -2.06. The van der Waals surface area contributed by atoms with Crippen molar-refractivity contribution in [2.75, 3.05) is 0 Å². The monoisotopic (exact) mass is 325 g/mol. The Labute approximate surface area is 129 Å². The third-order valence-electron chi connectivity index (χ3n) is 2.78. The van der Waals surface area contributed by atoms with E-state index in [9.17, 15) is 8.42 Å². The van der Waals surface area contributed by atoms with Crippen LogP contribution in [0.4, 0.5) is 0 Å². The summed E-state index contributed by atoms with van der Waals surface area (Å²) < 4.78 is 27.3. The van der Waals surface area contributed by atoms with E-state index < -0.39 is 10.0 Å². The van der Waals surface area contributed by atoms with Gasteiger partial charge in [0.25, 0.3) is 0 Å². The molecule has 0 aliphatic heterocycles. The molecule has 0 amide bonds. The molecule has 0 atom stereocenters. The Bertz CT molecular complexity index is 667. The second-order valence-corrected chi connectivity index (χ2v) is 7.86. The number of hydrogen-bond acceptors (Lipinski definition) is 5. The molecule has 7 heteroatoms. The predicted octanol–water partition coefficient (Wildman–Crippen LogP) is 2.12. The number of hydrogen-bond donors (Lipinski definition) is 2. The first kappa shape index (κ1) is 16.1. The summed E-state index contributed by atoms with van der Waals surface area (Å²) in [5.74, 6) is 0. The zero-order valence-corrected chi connectivity index (χ0v) is 13.7. The van der Waals surface area contributed by atoms with Crippen LogP contribution in [0.25, 0.3) is 0 Å². The Morgan fingerprint density at radius 2 is 2.10 bits per heavy atom. The molecule has 0 saturated heterocycles. The molecule has 2 heterocycles. The van der Waals surface area contributed by atoms with Crippen LogP contribution in [0.2, 0.25) is 0 Å². The molecule has 114 valence electrons. The van der Waals surface area contributed by atoms with Crippen LogP contribution in [-0.4, -0.2) is 19.4 Å². The minimum absolute atomic E-state index is 0.195. The number of aromatic nitrogens is 1. The van der Waals surface area contributed by atoms with E-state index in [1.54, 1.807) is 24.4 Å². The van der Waals surface area contributed by atoms with Crippen molar-refractivity contribution in [2.45, 2.75) is 37.2 Å². The summed E-state index contributed by atoms with van der Waals surface area (Å²) >= 11 is 1.23. The average Bonchev–Trinajstić information content (AvgIpc) is 2.94. The summed E-state index contributed by atoms with van der Waals surface area (Å²) in [5, 5.41) is 5.13. The molecule has 2 N–H and O–H groups in total. The van der Waals surface area contributed by atoms with Gasteiger partial charge < -0.3 is 5.32 Å². The highest BCUT2D eigenvalue weighted by Gasteiger charge is 2.16. The first-order chi connectivity index (χ1) is 9.97. The van der Waals surface area contributed by atoms with Crippen LogP contribution in [0, 0.1) is 0 Å². The highest BCUT2D eigenvalue weighted by Crippen LogP contribution is 2.20. The zero-order valence-electron chi connectivity index (χ0n) is 12.0. The van der Waals surface area contributed by atoms with Gasteiger partial charge in [0.15, 0.2) is 0 Å². The van der Waals surface area contributed by atoms with Crippen LogP contribution < -0.4 is 10.0 Å². The number of nitrogens with zero attached hydrogens (tertiary/aromatic N) is 1. The Morgan fingerprint density at radius 1 is 1.29 bits per heavy atom. The molecule has 0 aromatic carbocycles. The second kappa shape index (κ2) is 7.13. The summed E-state index contributed by atoms with van der Waals surface area (Å²) in [7, 11) is -3.48. The third kappa shape index (κ3) is 4.89. The highest BCUT2D eigenvalue weighted by atomic mass is 32.2. The van der Waals surface area contributed by atoms with Gasteiger partial charge in [0.1, 0.15) is 4.21 Å². The van der Waals surface area contributed by atoms with Crippen LogP contribution in [0.15, 0.2) is 40.1 Å². The standard InChI is InChI=1S/C14H19N3O2S2/c1-11(2)16-8-12-7-14(20-10-12)21(18,19)17-9-13-5-3-4-6-15-13/h3-7,10-11,16-17H,8-9H2,1-2H3. The summed E-state index contributed by atoms with van der Waals surface area (Å²) in [5.41, 5.74) is 1.67. The minimum Gasteiger partial charge on any atom is -0.310 e. The molecule has 0 unspecified atom stereocenters. The van der Waals surface area contributed by atoms with Gasteiger partial charge in [0.2, 0.25) is 10.0 Å². The smallest absolute Gasteiger partial charge is 0.250 e. The molecule has 0 aliphatic rings. The van der Waals surface area contributed by atoms with Gasteiger partial charge >= 0.3 is 0 Å². The summed E-state index contributed by atoms with van der Waals surface area (Å²) in [6, 6.07) is 7.49. The molecule has 5 nitrogen and oxygen atoms in total. The Morgan fingerprint density at radius 3 is 2.76 bits per heavy atom. The highest BCUT2D eigenvalue weighted by molar-refractivity contribution is 7.91. The van der Waals surface area contributed by atoms with Crippen molar-refractivity contribution >= 4 is 21.4 Å². The van der Waals surface area contributed by atoms with E-state index in [1.807, 2.05) is 11.4 Å². The molecule has 0 spiro atoms. The van der Waals surface area contributed by atoms with Crippen molar-refractivity contribution in [1.82, 2.24) is 15.0 Å². The molecule has 21 heavy (non-hydrogen) atoms. The van der Waals surface area contributed by atoms with E-state index in [1.165, 1.54) is 11.3 Å². The SMILES string of the molecule is CC(C)NCc1csc(S(=O)(=O)NCc2ccccn2)c1. The van der Waals surface area contributed by atoms with Crippen molar-refractivity contribution in [3.05, 3.63) is 47.1 Å². The van der Waals surface area contributed by atoms with E-state index in [0.29, 0.717) is 22.5 Å². The van der Waals surface area contributed by atoms with E-state index in [2.05, 4.69) is 28.9 Å². The first-order valence-corrected chi connectivity index (χ1v) is 9.04. The third-order valence-corrected chi connectivity index (χ3v) is 5.67. The molecule has 0 fully saturated rings. The molecule has 2 aromatic rings. The van der Waals surface area contributed by atoms with Crippen LogP contribution in [0.5, 0.6) is 0 Å². The molecule has 2 aromatic heterocycles. The molecule has 0 radical (unpaired) electrons. The molecular formula is C14H19N3O2S2. The van der Waals surface area contributed by atoms with Gasteiger partial charge in [-0.1, -0.05) is 19.9 Å². The zero-order chi connectivity index (χ0) is 15.3. The van der Waals surface area contributed by atoms with Crippen LogP contribution in [0.1, 0.15) is 25.1 Å². The number of pyridine rings is 1. The van der Waals surface area contributed by atoms with Crippen molar-refractivity contribution in [3.8, 4) is 0 Å². The summed E-state index contributed by atoms with van der Waals surface area (Å²) in [4.78, 5) is 4.10. The van der Waals surface area contributed by atoms with E-state index >= 15 is 0 Å². The fourth-order valence-electron chi connectivity index (χ4n) is 1.65. The molecule has 2 rings (SSSR count). The maximum Gasteiger partial charge on any atom is 0.250 e. The number of nitrogens with one attached hydrogen (secondary N) is 2. The van der Waals surface area contributed by atoms with Gasteiger partial charge in [0, 0.05) is 18.8 Å². The Kier molecular flexibility index (Phi) is 5.46. The lowest BCUT2D eigenvalue weighted by molar-refractivity contribution is 0.581. The van der Waals surface area contributed by atoms with Gasteiger partial charge in [-0.15, -0.1) is 11.3 Å². The van der Waals surface area contributed by atoms with Gasteiger partial charge in [-0.05, 0) is 29.1 Å². The molecule has 0 bridgehead atoms. The van der Waals surface area contributed by atoms with Crippen LogP contribution >= 0.6 is 11.3 Å². The van der Waals surface area contributed by atoms with Crippen molar-refractivity contribution in [2.24, 2.45) is 0 Å². The second-order valence-electron chi connectivity index (χ2n) is 4.96. The first-order valence-electron chi connectivity index (χ1n) is 6.68. The van der Waals surface area contributed by atoms with Crippen molar-refractivity contribution < 1.29 is 8.42 Å². The summed E-state index contributed by atoms with van der Waals surface area (Å²) in [6.45, 7) is 4.97. The quantitative estimate of drug-likeness (QED) is 0.818.